The molecule has 22 heavy (non-hydrogen) atoms. The molecular weight excluding hydrogens is 302 g/mol. The Hall–Kier alpha value is -1.47. The molecule has 0 radical (unpaired) electrons. The molecule has 1 aromatic rings. The number of rotatable bonds is 5. The number of piperidine rings is 1. The van der Waals surface area contributed by atoms with E-state index >= 15 is 0 Å². The Labute approximate surface area is 134 Å². The largest absolute Gasteiger partial charge is 0.372 e. The highest BCUT2D eigenvalue weighted by atomic mass is 32.1. The van der Waals surface area contributed by atoms with Crippen LogP contribution in [0.15, 0.2) is 10.9 Å². The quantitative estimate of drug-likeness (QED) is 0.815. The summed E-state index contributed by atoms with van der Waals surface area (Å²) in [6.07, 6.45) is 1.83. The zero-order valence-electron chi connectivity index (χ0n) is 12.7. The minimum atomic E-state index is -0.0806. The molecule has 0 unspecified atom stereocenters. The molecule has 0 spiro atoms. The first kappa shape index (κ1) is 15.4. The number of ether oxygens (including phenoxy) is 1. The SMILES string of the molecule is CCOCC(=O)N1C[C@H]2CC[C@@H](C1)N(Cc1cscn1)C2=O. The smallest absolute Gasteiger partial charge is 0.248 e. The summed E-state index contributed by atoms with van der Waals surface area (Å²) < 4.78 is 5.22. The summed E-state index contributed by atoms with van der Waals surface area (Å²) in [5.74, 6) is 0.0704. The molecule has 3 aliphatic rings. The molecule has 3 aliphatic heterocycles. The van der Waals surface area contributed by atoms with Gasteiger partial charge in [-0.2, -0.15) is 0 Å². The summed E-state index contributed by atoms with van der Waals surface area (Å²) >= 11 is 1.54. The lowest BCUT2D eigenvalue weighted by atomic mass is 9.94. The molecule has 4 rings (SSSR count). The molecule has 3 fully saturated rings. The molecule has 2 amide bonds. The fourth-order valence-corrected chi connectivity index (χ4v) is 3.77. The highest BCUT2D eigenvalue weighted by molar-refractivity contribution is 7.07. The van der Waals surface area contributed by atoms with E-state index in [1.807, 2.05) is 17.2 Å². The highest BCUT2D eigenvalue weighted by Crippen LogP contribution is 2.30. The van der Waals surface area contributed by atoms with Crippen LogP contribution in [0, 0.1) is 5.92 Å². The number of thiazole rings is 1. The molecule has 1 aromatic heterocycles. The van der Waals surface area contributed by atoms with Gasteiger partial charge >= 0.3 is 0 Å². The third kappa shape index (κ3) is 3.15. The number of hydrogen-bond donors (Lipinski definition) is 0. The van der Waals surface area contributed by atoms with Crippen molar-refractivity contribution in [1.82, 2.24) is 14.8 Å². The zero-order chi connectivity index (χ0) is 15.5. The molecule has 0 N–H and O–H groups in total. The number of carbonyl (C=O) groups excluding carboxylic acids is 2. The van der Waals surface area contributed by atoms with E-state index in [1.165, 1.54) is 11.3 Å². The summed E-state index contributed by atoms with van der Waals surface area (Å²) in [4.78, 5) is 32.9. The van der Waals surface area contributed by atoms with Gasteiger partial charge < -0.3 is 14.5 Å². The van der Waals surface area contributed by atoms with E-state index in [2.05, 4.69) is 4.98 Å². The van der Waals surface area contributed by atoms with Crippen molar-refractivity contribution < 1.29 is 14.3 Å². The Morgan fingerprint density at radius 2 is 2.32 bits per heavy atom. The number of aromatic nitrogens is 1. The standard InChI is InChI=1S/C15H21N3O3S/c1-2-21-8-14(19)17-5-11-3-4-13(7-17)18(15(11)20)6-12-9-22-10-16-12/h9-11,13H,2-8H2,1H3/t11-,13+/m1/s1. The van der Waals surface area contributed by atoms with Crippen molar-refractivity contribution in [2.45, 2.75) is 32.4 Å². The van der Waals surface area contributed by atoms with Crippen LogP contribution in [0.4, 0.5) is 0 Å². The minimum Gasteiger partial charge on any atom is -0.372 e. The van der Waals surface area contributed by atoms with Crippen LogP contribution in [0.5, 0.6) is 0 Å². The maximum Gasteiger partial charge on any atom is 0.248 e. The first-order chi connectivity index (χ1) is 10.7. The monoisotopic (exact) mass is 323 g/mol. The molecule has 6 nitrogen and oxygen atoms in total. The van der Waals surface area contributed by atoms with Gasteiger partial charge in [-0.05, 0) is 19.8 Å². The van der Waals surface area contributed by atoms with Crippen LogP contribution in [0.2, 0.25) is 0 Å². The molecule has 3 saturated heterocycles. The predicted molar refractivity (Wildman–Crippen MR) is 82.2 cm³/mol. The van der Waals surface area contributed by atoms with Crippen molar-refractivity contribution in [2.24, 2.45) is 5.92 Å². The van der Waals surface area contributed by atoms with Gasteiger partial charge in [0, 0.05) is 31.1 Å². The summed E-state index contributed by atoms with van der Waals surface area (Å²) in [7, 11) is 0. The fraction of sp³-hybridized carbons (Fsp3) is 0.667. The van der Waals surface area contributed by atoms with Crippen molar-refractivity contribution in [3.05, 3.63) is 16.6 Å². The lowest BCUT2D eigenvalue weighted by molar-refractivity contribution is -0.140. The van der Waals surface area contributed by atoms with E-state index < -0.39 is 0 Å². The van der Waals surface area contributed by atoms with Crippen LogP contribution < -0.4 is 0 Å². The Balaban J connectivity index is 1.71. The second-order valence-electron chi connectivity index (χ2n) is 5.81. The van der Waals surface area contributed by atoms with Crippen molar-refractivity contribution in [2.75, 3.05) is 26.3 Å². The van der Waals surface area contributed by atoms with Crippen molar-refractivity contribution >= 4 is 23.2 Å². The van der Waals surface area contributed by atoms with Crippen LogP contribution in [-0.2, 0) is 20.9 Å². The van der Waals surface area contributed by atoms with Gasteiger partial charge in [0.25, 0.3) is 0 Å². The average Bonchev–Trinajstić information content (AvgIpc) is 2.88. The Morgan fingerprint density at radius 1 is 1.45 bits per heavy atom. The van der Waals surface area contributed by atoms with Gasteiger partial charge in [0.2, 0.25) is 11.8 Å². The van der Waals surface area contributed by atoms with E-state index in [0.717, 1.165) is 18.5 Å². The van der Waals surface area contributed by atoms with Gasteiger partial charge in [-0.25, -0.2) is 4.98 Å². The third-order valence-corrected chi connectivity index (χ3v) is 5.03. The fourth-order valence-electron chi connectivity index (χ4n) is 3.22. The van der Waals surface area contributed by atoms with Gasteiger partial charge in [-0.1, -0.05) is 0 Å². The van der Waals surface area contributed by atoms with Crippen LogP contribution in [0.1, 0.15) is 25.5 Å². The molecule has 0 saturated carbocycles. The molecule has 2 atom stereocenters. The maximum atomic E-state index is 12.6. The summed E-state index contributed by atoms with van der Waals surface area (Å²) in [5.41, 5.74) is 2.71. The molecular formula is C15H21N3O3S. The minimum absolute atomic E-state index is 0.0120. The number of hydrogen-bond acceptors (Lipinski definition) is 5. The average molecular weight is 323 g/mol. The Morgan fingerprint density at radius 3 is 3.05 bits per heavy atom. The topological polar surface area (TPSA) is 62.7 Å². The second kappa shape index (κ2) is 6.75. The third-order valence-electron chi connectivity index (χ3n) is 4.39. The van der Waals surface area contributed by atoms with Crippen molar-refractivity contribution in [1.29, 1.82) is 0 Å². The van der Waals surface area contributed by atoms with Crippen molar-refractivity contribution in [3.63, 3.8) is 0 Å². The lowest BCUT2D eigenvalue weighted by Gasteiger charge is -2.35. The molecule has 4 heterocycles. The van der Waals surface area contributed by atoms with Crippen LogP contribution in [0.25, 0.3) is 0 Å². The van der Waals surface area contributed by atoms with Crippen molar-refractivity contribution in [3.8, 4) is 0 Å². The Kier molecular flexibility index (Phi) is 4.73. The molecule has 2 bridgehead atoms. The number of carbonyl (C=O) groups is 2. The molecule has 0 aliphatic carbocycles. The summed E-state index contributed by atoms with van der Waals surface area (Å²) in [6, 6.07) is 0.0959. The number of nitrogens with zero attached hydrogens (tertiary/aromatic N) is 3. The van der Waals surface area contributed by atoms with Gasteiger partial charge in [0.1, 0.15) is 6.61 Å². The van der Waals surface area contributed by atoms with E-state index in [1.54, 1.807) is 10.4 Å². The van der Waals surface area contributed by atoms with Gasteiger partial charge in [0.15, 0.2) is 0 Å². The van der Waals surface area contributed by atoms with Crippen LogP contribution in [-0.4, -0.2) is 58.9 Å². The molecule has 120 valence electrons. The normalized spacial score (nSPS) is 24.7. The second-order valence-corrected chi connectivity index (χ2v) is 6.53. The van der Waals surface area contributed by atoms with E-state index in [-0.39, 0.29) is 30.4 Å². The predicted octanol–water partition coefficient (Wildman–Crippen LogP) is 1.13. The first-order valence-electron chi connectivity index (χ1n) is 7.72. The van der Waals surface area contributed by atoms with Gasteiger partial charge in [0.05, 0.1) is 23.7 Å². The zero-order valence-corrected chi connectivity index (χ0v) is 13.6. The van der Waals surface area contributed by atoms with Crippen LogP contribution in [0.3, 0.4) is 0 Å². The lowest BCUT2D eigenvalue weighted by Crippen LogP contribution is -2.47. The first-order valence-corrected chi connectivity index (χ1v) is 8.66. The molecule has 0 aromatic carbocycles. The van der Waals surface area contributed by atoms with E-state index in [0.29, 0.717) is 26.2 Å². The number of amides is 2. The van der Waals surface area contributed by atoms with Gasteiger partial charge in [-0.3, -0.25) is 9.59 Å². The molecule has 7 heteroatoms. The van der Waals surface area contributed by atoms with E-state index in [9.17, 15) is 9.59 Å². The van der Waals surface area contributed by atoms with Gasteiger partial charge in [-0.15, -0.1) is 11.3 Å². The highest BCUT2D eigenvalue weighted by Gasteiger charge is 2.41. The van der Waals surface area contributed by atoms with E-state index in [4.69, 9.17) is 4.74 Å². The van der Waals surface area contributed by atoms with Crippen LogP contribution >= 0.6 is 11.3 Å². The summed E-state index contributed by atoms with van der Waals surface area (Å²) in [5, 5.41) is 1.98. The summed E-state index contributed by atoms with van der Waals surface area (Å²) in [6.45, 7) is 4.19. The Bertz CT molecular complexity index is 534. The number of fused-ring (bicyclic) bond motifs is 4. The maximum absolute atomic E-state index is 12.6.